The third kappa shape index (κ3) is 3.00. The summed E-state index contributed by atoms with van der Waals surface area (Å²) in [6.45, 7) is 2.00. The maximum Gasteiger partial charge on any atom is 0.297 e. The fourth-order valence-corrected chi connectivity index (χ4v) is 2.67. The van der Waals surface area contributed by atoms with Crippen LogP contribution in [0, 0.1) is 5.92 Å². The number of rotatable bonds is 6. The zero-order valence-corrected chi connectivity index (χ0v) is 13.8. The molecule has 1 aliphatic carbocycles. The van der Waals surface area contributed by atoms with Gasteiger partial charge in [0.15, 0.2) is 5.75 Å². The topological polar surface area (TPSA) is 115 Å². The van der Waals surface area contributed by atoms with Crippen molar-refractivity contribution in [3.05, 3.63) is 24.0 Å². The molecule has 9 nitrogen and oxygen atoms in total. The number of furan rings is 1. The number of amides is 1. The fourth-order valence-electron chi connectivity index (χ4n) is 2.67. The second kappa shape index (κ2) is 6.08. The van der Waals surface area contributed by atoms with Crippen molar-refractivity contribution in [2.24, 2.45) is 5.92 Å². The first-order chi connectivity index (χ1) is 12.2. The Bertz CT molecular complexity index is 901. The molecule has 2 heterocycles. The van der Waals surface area contributed by atoms with Crippen molar-refractivity contribution in [3.63, 3.8) is 0 Å². The molecule has 0 aliphatic heterocycles. The van der Waals surface area contributed by atoms with Gasteiger partial charge in [0, 0.05) is 0 Å². The molecule has 2 aromatic heterocycles. The largest absolute Gasteiger partial charge is 0.497 e. The van der Waals surface area contributed by atoms with Gasteiger partial charge in [0.25, 0.3) is 11.9 Å². The zero-order valence-electron chi connectivity index (χ0n) is 13.8. The SMILES string of the molecule is COc1ccc2oc(C(=O)Nc3nn[nH]n3)c(OC(C)C3CC3)c2c1. The Labute approximate surface area is 142 Å². The second-order valence-electron chi connectivity index (χ2n) is 5.97. The smallest absolute Gasteiger partial charge is 0.297 e. The Morgan fingerprint density at radius 2 is 2.28 bits per heavy atom. The van der Waals surface area contributed by atoms with E-state index in [1.54, 1.807) is 25.3 Å². The number of benzene rings is 1. The van der Waals surface area contributed by atoms with Crippen LogP contribution in [-0.4, -0.2) is 39.7 Å². The van der Waals surface area contributed by atoms with Gasteiger partial charge in [-0.1, -0.05) is 5.10 Å². The molecule has 1 aliphatic rings. The number of H-pyrrole nitrogens is 1. The lowest BCUT2D eigenvalue weighted by Gasteiger charge is -2.13. The number of hydrogen-bond acceptors (Lipinski definition) is 7. The molecule has 130 valence electrons. The van der Waals surface area contributed by atoms with Crippen molar-refractivity contribution >= 4 is 22.8 Å². The van der Waals surface area contributed by atoms with Gasteiger partial charge < -0.3 is 13.9 Å². The third-order valence-electron chi connectivity index (χ3n) is 4.22. The van der Waals surface area contributed by atoms with E-state index in [9.17, 15) is 4.79 Å². The number of aromatic amines is 1. The summed E-state index contributed by atoms with van der Waals surface area (Å²) in [5.74, 6) is 1.18. The van der Waals surface area contributed by atoms with Crippen LogP contribution in [0.25, 0.3) is 11.0 Å². The van der Waals surface area contributed by atoms with E-state index in [1.807, 2.05) is 6.92 Å². The van der Waals surface area contributed by atoms with E-state index in [2.05, 4.69) is 25.9 Å². The third-order valence-corrected chi connectivity index (χ3v) is 4.22. The number of fused-ring (bicyclic) bond motifs is 1. The number of hydrogen-bond donors (Lipinski definition) is 2. The summed E-state index contributed by atoms with van der Waals surface area (Å²) < 4.78 is 17.1. The molecule has 1 unspecified atom stereocenters. The number of nitrogens with one attached hydrogen (secondary N) is 2. The maximum atomic E-state index is 12.6. The first-order valence-electron chi connectivity index (χ1n) is 7.97. The van der Waals surface area contributed by atoms with Gasteiger partial charge in [-0.15, -0.1) is 5.10 Å². The number of aromatic nitrogens is 4. The Morgan fingerprint density at radius 1 is 1.44 bits per heavy atom. The highest BCUT2D eigenvalue weighted by Crippen LogP contribution is 2.40. The average molecular weight is 343 g/mol. The lowest BCUT2D eigenvalue weighted by molar-refractivity contribution is 0.0987. The Morgan fingerprint density at radius 3 is 2.96 bits per heavy atom. The monoisotopic (exact) mass is 343 g/mol. The van der Waals surface area contributed by atoms with E-state index in [4.69, 9.17) is 13.9 Å². The molecule has 4 rings (SSSR count). The van der Waals surface area contributed by atoms with Gasteiger partial charge in [0.2, 0.25) is 5.76 Å². The molecule has 1 amide bonds. The van der Waals surface area contributed by atoms with Crippen molar-refractivity contribution in [1.82, 2.24) is 20.6 Å². The van der Waals surface area contributed by atoms with Gasteiger partial charge in [0.05, 0.1) is 18.6 Å². The van der Waals surface area contributed by atoms with Gasteiger partial charge in [0.1, 0.15) is 11.3 Å². The highest BCUT2D eigenvalue weighted by Gasteiger charge is 2.32. The van der Waals surface area contributed by atoms with Gasteiger partial charge >= 0.3 is 0 Å². The van der Waals surface area contributed by atoms with Crippen molar-refractivity contribution in [2.45, 2.75) is 25.9 Å². The zero-order chi connectivity index (χ0) is 17.4. The molecule has 0 spiro atoms. The van der Waals surface area contributed by atoms with Crippen LogP contribution in [0.2, 0.25) is 0 Å². The normalized spacial score (nSPS) is 15.1. The van der Waals surface area contributed by atoms with E-state index in [1.165, 1.54) is 0 Å². The summed E-state index contributed by atoms with van der Waals surface area (Å²) in [6.07, 6.45) is 2.25. The Hall–Kier alpha value is -3.10. The van der Waals surface area contributed by atoms with E-state index in [0.717, 1.165) is 12.8 Å². The fraction of sp³-hybridized carbons (Fsp3) is 0.375. The van der Waals surface area contributed by atoms with Gasteiger partial charge in [-0.2, -0.15) is 5.21 Å². The first-order valence-corrected chi connectivity index (χ1v) is 7.97. The van der Waals surface area contributed by atoms with Crippen LogP contribution in [0.5, 0.6) is 11.5 Å². The van der Waals surface area contributed by atoms with Crippen LogP contribution in [-0.2, 0) is 0 Å². The number of ether oxygens (including phenoxy) is 2. The number of anilines is 1. The molecule has 25 heavy (non-hydrogen) atoms. The van der Waals surface area contributed by atoms with E-state index < -0.39 is 5.91 Å². The van der Waals surface area contributed by atoms with Crippen molar-refractivity contribution < 1.29 is 18.7 Å². The average Bonchev–Trinajstić information content (AvgIpc) is 3.25. The van der Waals surface area contributed by atoms with Crippen LogP contribution in [0.15, 0.2) is 22.6 Å². The molecular weight excluding hydrogens is 326 g/mol. The molecule has 1 aromatic carbocycles. The molecule has 1 fully saturated rings. The predicted molar refractivity (Wildman–Crippen MR) is 87.7 cm³/mol. The summed E-state index contributed by atoms with van der Waals surface area (Å²) in [4.78, 5) is 12.6. The molecule has 9 heteroatoms. The molecular formula is C16H17N5O4. The quantitative estimate of drug-likeness (QED) is 0.706. The molecule has 1 atom stereocenters. The molecule has 0 bridgehead atoms. The summed E-state index contributed by atoms with van der Waals surface area (Å²) in [6, 6.07) is 5.30. The van der Waals surface area contributed by atoms with Crippen molar-refractivity contribution in [2.75, 3.05) is 12.4 Å². The Balaban J connectivity index is 1.73. The molecule has 0 radical (unpaired) electrons. The molecule has 2 N–H and O–H groups in total. The minimum absolute atomic E-state index is 0.0104. The van der Waals surface area contributed by atoms with Gasteiger partial charge in [-0.05, 0) is 49.1 Å². The number of tetrazole rings is 1. The minimum Gasteiger partial charge on any atom is -0.497 e. The van der Waals surface area contributed by atoms with Crippen molar-refractivity contribution in [3.8, 4) is 11.5 Å². The number of carbonyl (C=O) groups is 1. The lowest BCUT2D eigenvalue weighted by atomic mass is 10.2. The summed E-state index contributed by atoms with van der Waals surface area (Å²) in [5, 5.41) is 16.3. The van der Waals surface area contributed by atoms with Crippen molar-refractivity contribution in [1.29, 1.82) is 0 Å². The standard InChI is InChI=1S/C16H17N5O4/c1-8(9-3-4-9)24-13-11-7-10(23-2)5-6-12(11)25-14(13)15(22)17-16-18-20-21-19-16/h5-9H,3-4H2,1-2H3,(H2,17,18,19,20,21,22). The van der Waals surface area contributed by atoms with E-state index in [-0.39, 0.29) is 17.8 Å². The molecule has 0 saturated heterocycles. The number of nitrogens with zero attached hydrogens (tertiary/aromatic N) is 3. The molecule has 3 aromatic rings. The predicted octanol–water partition coefficient (Wildman–Crippen LogP) is 2.38. The summed E-state index contributed by atoms with van der Waals surface area (Å²) in [5.41, 5.74) is 0.539. The van der Waals surface area contributed by atoms with Gasteiger partial charge in [-0.25, -0.2) is 0 Å². The highest BCUT2D eigenvalue weighted by atomic mass is 16.5. The molecule has 1 saturated carbocycles. The van der Waals surface area contributed by atoms with Crippen LogP contribution in [0.1, 0.15) is 30.3 Å². The number of methoxy groups -OCH3 is 1. The van der Waals surface area contributed by atoms with E-state index in [0.29, 0.717) is 28.4 Å². The van der Waals surface area contributed by atoms with Crippen LogP contribution < -0.4 is 14.8 Å². The number of carbonyl (C=O) groups excluding carboxylic acids is 1. The Kier molecular flexibility index (Phi) is 3.75. The maximum absolute atomic E-state index is 12.6. The first kappa shape index (κ1) is 15.4. The second-order valence-corrected chi connectivity index (χ2v) is 5.97. The van der Waals surface area contributed by atoms with Crippen LogP contribution in [0.3, 0.4) is 0 Å². The minimum atomic E-state index is -0.505. The summed E-state index contributed by atoms with van der Waals surface area (Å²) >= 11 is 0. The summed E-state index contributed by atoms with van der Waals surface area (Å²) in [7, 11) is 1.58. The van der Waals surface area contributed by atoms with Crippen LogP contribution in [0.4, 0.5) is 5.95 Å². The van der Waals surface area contributed by atoms with Crippen LogP contribution >= 0.6 is 0 Å². The lowest BCUT2D eigenvalue weighted by Crippen LogP contribution is -2.18. The van der Waals surface area contributed by atoms with E-state index >= 15 is 0 Å². The van der Waals surface area contributed by atoms with Gasteiger partial charge in [-0.3, -0.25) is 10.1 Å². The highest BCUT2D eigenvalue weighted by molar-refractivity contribution is 6.07.